The molecule has 1 aliphatic carbocycles. The van der Waals surface area contributed by atoms with Crippen molar-refractivity contribution in [2.75, 3.05) is 31.5 Å². The van der Waals surface area contributed by atoms with E-state index < -0.39 is 0 Å². The SMILES string of the molecule is CC(=O)N1CCC2(CCN(C3CCC(Nc4ncc5oc(C#N)cc5c4Br)CC3)CC2)C1. The second-order valence-electron chi connectivity index (χ2n) is 9.80. The number of hydrogen-bond acceptors (Lipinski definition) is 6. The lowest BCUT2D eigenvalue weighted by Crippen LogP contribution is -2.48. The van der Waals surface area contributed by atoms with Crippen LogP contribution in [0.2, 0.25) is 0 Å². The summed E-state index contributed by atoms with van der Waals surface area (Å²) in [6, 6.07) is 4.88. The second kappa shape index (κ2) is 8.68. The molecule has 1 amide bonds. The third kappa shape index (κ3) is 4.13. The van der Waals surface area contributed by atoms with Gasteiger partial charge in [0.2, 0.25) is 11.7 Å². The predicted molar refractivity (Wildman–Crippen MR) is 126 cm³/mol. The van der Waals surface area contributed by atoms with Crippen molar-refractivity contribution in [2.45, 2.75) is 64.0 Å². The molecule has 0 radical (unpaired) electrons. The number of nitriles is 1. The Morgan fingerprint density at radius 2 is 1.97 bits per heavy atom. The molecule has 1 saturated carbocycles. The van der Waals surface area contributed by atoms with Crippen LogP contribution in [-0.4, -0.2) is 59.0 Å². The molecule has 3 fully saturated rings. The number of halogens is 1. The molecule has 5 rings (SSSR count). The minimum absolute atomic E-state index is 0.230. The van der Waals surface area contributed by atoms with E-state index in [1.807, 2.05) is 11.0 Å². The van der Waals surface area contributed by atoms with Gasteiger partial charge in [0.1, 0.15) is 11.9 Å². The lowest BCUT2D eigenvalue weighted by atomic mass is 9.76. The van der Waals surface area contributed by atoms with Crippen molar-refractivity contribution >= 4 is 38.6 Å². The largest absolute Gasteiger partial charge is 0.444 e. The Kier molecular flexibility index (Phi) is 5.89. The number of hydrogen-bond donors (Lipinski definition) is 1. The van der Waals surface area contributed by atoms with Crippen molar-refractivity contribution in [2.24, 2.45) is 5.41 Å². The van der Waals surface area contributed by atoms with Crippen LogP contribution in [0.25, 0.3) is 11.0 Å². The smallest absolute Gasteiger partial charge is 0.219 e. The first-order valence-corrected chi connectivity index (χ1v) is 12.5. The predicted octanol–water partition coefficient (Wildman–Crippen LogP) is 4.52. The number of carbonyl (C=O) groups excluding carboxylic acids is 1. The van der Waals surface area contributed by atoms with Crippen LogP contribution in [0.1, 0.15) is 57.6 Å². The van der Waals surface area contributed by atoms with E-state index in [-0.39, 0.29) is 5.91 Å². The molecule has 2 saturated heterocycles. The molecule has 8 heteroatoms. The minimum atomic E-state index is 0.230. The van der Waals surface area contributed by atoms with Gasteiger partial charge in [-0.25, -0.2) is 4.98 Å². The molecule has 0 bridgehead atoms. The van der Waals surface area contributed by atoms with Gasteiger partial charge in [0.25, 0.3) is 0 Å². The number of anilines is 1. The number of fused-ring (bicyclic) bond motifs is 1. The molecular weight excluding hydrogens is 470 g/mol. The number of piperidine rings is 1. The molecule has 1 spiro atoms. The lowest BCUT2D eigenvalue weighted by molar-refractivity contribution is -0.128. The summed E-state index contributed by atoms with van der Waals surface area (Å²) in [5, 5.41) is 13.6. The summed E-state index contributed by atoms with van der Waals surface area (Å²) >= 11 is 3.64. The molecule has 1 N–H and O–H groups in total. The highest BCUT2D eigenvalue weighted by Crippen LogP contribution is 2.42. The van der Waals surface area contributed by atoms with E-state index in [1.165, 1.54) is 45.2 Å². The molecule has 0 aromatic carbocycles. The Balaban J connectivity index is 1.14. The van der Waals surface area contributed by atoms with E-state index >= 15 is 0 Å². The van der Waals surface area contributed by atoms with E-state index in [4.69, 9.17) is 9.68 Å². The van der Waals surface area contributed by atoms with Crippen molar-refractivity contribution in [1.82, 2.24) is 14.8 Å². The van der Waals surface area contributed by atoms with Crippen LogP contribution in [0.5, 0.6) is 0 Å². The summed E-state index contributed by atoms with van der Waals surface area (Å²) in [6.45, 7) is 5.94. The minimum Gasteiger partial charge on any atom is -0.444 e. The number of nitrogens with zero attached hydrogens (tertiary/aromatic N) is 4. The van der Waals surface area contributed by atoms with Crippen LogP contribution in [0.4, 0.5) is 5.82 Å². The number of aromatic nitrogens is 1. The highest BCUT2D eigenvalue weighted by molar-refractivity contribution is 9.10. The fourth-order valence-electron chi connectivity index (χ4n) is 5.89. The monoisotopic (exact) mass is 499 g/mol. The standard InChI is InChI=1S/C24H30BrN5O2/c1-16(31)30-11-8-24(15-30)6-9-29(10-7-24)18-4-2-17(3-5-18)28-23-22(25)20-12-19(13-26)32-21(20)14-27-23/h12,14,17-18H,2-11,15H2,1H3,(H,27,28). The fourth-order valence-corrected chi connectivity index (χ4v) is 6.42. The zero-order valence-corrected chi connectivity index (χ0v) is 20.2. The van der Waals surface area contributed by atoms with Crippen LogP contribution in [0, 0.1) is 16.7 Å². The van der Waals surface area contributed by atoms with Gasteiger partial charge in [-0.1, -0.05) is 0 Å². The molecule has 0 atom stereocenters. The Morgan fingerprint density at radius 1 is 1.25 bits per heavy atom. The zero-order chi connectivity index (χ0) is 22.3. The topological polar surface area (TPSA) is 85.4 Å². The summed E-state index contributed by atoms with van der Waals surface area (Å²) in [7, 11) is 0. The van der Waals surface area contributed by atoms with Gasteiger partial charge in [0.15, 0.2) is 5.58 Å². The average molecular weight is 500 g/mol. The van der Waals surface area contributed by atoms with Gasteiger partial charge in [-0.3, -0.25) is 4.79 Å². The van der Waals surface area contributed by atoms with Gasteiger partial charge in [0, 0.05) is 43.5 Å². The van der Waals surface area contributed by atoms with Gasteiger partial charge in [-0.05, 0) is 79.4 Å². The maximum absolute atomic E-state index is 11.7. The van der Waals surface area contributed by atoms with Crippen molar-refractivity contribution in [3.63, 3.8) is 0 Å². The summed E-state index contributed by atoms with van der Waals surface area (Å²) in [5.74, 6) is 1.35. The van der Waals surface area contributed by atoms with E-state index in [0.717, 1.165) is 41.6 Å². The summed E-state index contributed by atoms with van der Waals surface area (Å²) in [6.07, 6.45) is 9.98. The molecule has 4 heterocycles. The van der Waals surface area contributed by atoms with Crippen LogP contribution >= 0.6 is 15.9 Å². The van der Waals surface area contributed by atoms with Crippen LogP contribution in [0.15, 0.2) is 21.2 Å². The molecule has 2 aliphatic heterocycles. The number of furan rings is 1. The molecular formula is C24H30BrN5O2. The highest BCUT2D eigenvalue weighted by atomic mass is 79.9. The van der Waals surface area contributed by atoms with Crippen LogP contribution < -0.4 is 5.32 Å². The number of carbonyl (C=O) groups is 1. The number of nitrogens with one attached hydrogen (secondary N) is 1. The Morgan fingerprint density at radius 3 is 2.62 bits per heavy atom. The third-order valence-electron chi connectivity index (χ3n) is 7.92. The first-order chi connectivity index (χ1) is 15.5. The van der Waals surface area contributed by atoms with Gasteiger partial charge in [-0.2, -0.15) is 5.26 Å². The first kappa shape index (κ1) is 21.7. The van der Waals surface area contributed by atoms with Gasteiger partial charge in [0.05, 0.1) is 10.7 Å². The first-order valence-electron chi connectivity index (χ1n) is 11.7. The van der Waals surface area contributed by atoms with E-state index in [0.29, 0.717) is 28.8 Å². The summed E-state index contributed by atoms with van der Waals surface area (Å²) in [5.41, 5.74) is 0.995. The molecule has 3 aliphatic rings. The van der Waals surface area contributed by atoms with Crippen LogP contribution in [0.3, 0.4) is 0 Å². The van der Waals surface area contributed by atoms with Gasteiger partial charge >= 0.3 is 0 Å². The Bertz CT molecular complexity index is 1040. The maximum atomic E-state index is 11.7. The Labute approximate surface area is 197 Å². The van der Waals surface area contributed by atoms with E-state index in [1.54, 1.807) is 19.2 Å². The molecule has 32 heavy (non-hydrogen) atoms. The normalized spacial score (nSPS) is 25.8. The second-order valence-corrected chi connectivity index (χ2v) is 10.6. The van der Waals surface area contributed by atoms with E-state index in [2.05, 4.69) is 31.1 Å². The highest BCUT2D eigenvalue weighted by Gasteiger charge is 2.42. The number of likely N-dealkylation sites (tertiary alicyclic amines) is 2. The number of rotatable bonds is 3. The average Bonchev–Trinajstić information content (AvgIpc) is 3.42. The van der Waals surface area contributed by atoms with Crippen molar-refractivity contribution < 1.29 is 9.21 Å². The molecule has 170 valence electrons. The molecule has 2 aromatic rings. The van der Waals surface area contributed by atoms with E-state index in [9.17, 15) is 4.79 Å². The number of pyridine rings is 1. The van der Waals surface area contributed by atoms with Gasteiger partial charge < -0.3 is 19.5 Å². The summed E-state index contributed by atoms with van der Waals surface area (Å²) < 4.78 is 6.33. The van der Waals surface area contributed by atoms with Crippen LogP contribution in [-0.2, 0) is 4.79 Å². The zero-order valence-electron chi connectivity index (χ0n) is 18.6. The lowest BCUT2D eigenvalue weighted by Gasteiger charge is -2.44. The number of amides is 1. The summed E-state index contributed by atoms with van der Waals surface area (Å²) in [4.78, 5) is 21.0. The fraction of sp³-hybridized carbons (Fsp3) is 0.625. The maximum Gasteiger partial charge on any atom is 0.219 e. The molecule has 7 nitrogen and oxygen atoms in total. The molecule has 2 aromatic heterocycles. The Hall–Kier alpha value is -2.11. The van der Waals surface area contributed by atoms with Crippen molar-refractivity contribution in [3.8, 4) is 6.07 Å². The quantitative estimate of drug-likeness (QED) is 0.667. The van der Waals surface area contributed by atoms with Crippen molar-refractivity contribution in [1.29, 1.82) is 5.26 Å². The van der Waals surface area contributed by atoms with Crippen molar-refractivity contribution in [3.05, 3.63) is 22.5 Å². The molecule has 0 unspecified atom stereocenters. The van der Waals surface area contributed by atoms with Gasteiger partial charge in [-0.15, -0.1) is 0 Å². The third-order valence-corrected chi connectivity index (χ3v) is 8.73.